The maximum absolute atomic E-state index is 5.80. The molecule has 0 aromatic carbocycles. The Hall–Kier alpha value is -0.840. The van der Waals surface area contributed by atoms with Gasteiger partial charge in [-0.25, -0.2) is 0 Å². The highest BCUT2D eigenvalue weighted by atomic mass is 16.6. The Labute approximate surface area is 415 Å². The van der Waals surface area contributed by atoms with Crippen molar-refractivity contribution in [3.8, 4) is 0 Å². The molecule has 21 nitrogen and oxygen atoms in total. The molecule has 8 rings (SSSR count). The van der Waals surface area contributed by atoms with Crippen molar-refractivity contribution >= 4 is 0 Å². The lowest BCUT2D eigenvalue weighted by atomic mass is 10.4. The Balaban J connectivity index is 0.000000227. The highest BCUT2D eigenvalue weighted by Gasteiger charge is 2.13. The zero-order valence-corrected chi connectivity index (χ0v) is 42.7. The van der Waals surface area contributed by atoms with E-state index in [1.165, 1.54) is 0 Å². The molecule has 21 heteroatoms. The first kappa shape index (κ1) is 60.7. The van der Waals surface area contributed by atoms with Crippen LogP contribution in [0.2, 0.25) is 0 Å². The van der Waals surface area contributed by atoms with Crippen molar-refractivity contribution in [2.24, 2.45) is 0 Å². The second-order valence-electron chi connectivity index (χ2n) is 17.2. The Morgan fingerprint density at radius 1 is 0.101 bits per heavy atom. The summed E-state index contributed by atoms with van der Waals surface area (Å²) in [4.78, 5) is 14.0. The minimum Gasteiger partial charge on any atom is -0.379 e. The van der Waals surface area contributed by atoms with E-state index in [1.54, 1.807) is 0 Å². The summed E-state index contributed by atoms with van der Waals surface area (Å²) in [7, 11) is 0. The summed E-state index contributed by atoms with van der Waals surface area (Å²) in [6.45, 7) is 37.2. The van der Waals surface area contributed by atoms with Crippen LogP contribution in [-0.2, 0) is 71.1 Å². The van der Waals surface area contributed by atoms with Gasteiger partial charge in [0.15, 0.2) is 0 Å². The average molecular weight is 997 g/mol. The van der Waals surface area contributed by atoms with Gasteiger partial charge in [-0.05, 0) is 0 Å². The van der Waals surface area contributed by atoms with Gasteiger partial charge in [-0.15, -0.1) is 0 Å². The van der Waals surface area contributed by atoms with Crippen molar-refractivity contribution in [1.82, 2.24) is 29.4 Å². The second-order valence-corrected chi connectivity index (χ2v) is 17.2. The topological polar surface area (TPSA) is 158 Å². The van der Waals surface area contributed by atoms with Crippen LogP contribution in [0, 0.1) is 0 Å². The van der Waals surface area contributed by atoms with E-state index in [-0.39, 0.29) is 0 Å². The molecule has 0 spiro atoms. The Morgan fingerprint density at radius 2 is 0.174 bits per heavy atom. The van der Waals surface area contributed by atoms with Gasteiger partial charge in [0.25, 0.3) is 0 Å². The van der Waals surface area contributed by atoms with Crippen molar-refractivity contribution in [3.63, 3.8) is 0 Å². The van der Waals surface area contributed by atoms with E-state index < -0.39 is 0 Å². The van der Waals surface area contributed by atoms with Gasteiger partial charge in [0.05, 0.1) is 198 Å². The van der Waals surface area contributed by atoms with Crippen LogP contribution in [-0.4, -0.2) is 345 Å². The average Bonchev–Trinajstić information content (AvgIpc) is 3.38. The molecule has 8 aliphatic rings. The lowest BCUT2D eigenvalue weighted by Crippen LogP contribution is -2.37. The summed E-state index contributed by atoms with van der Waals surface area (Å²) >= 11 is 0. The molecular formula is C48H96N6O15. The molecule has 0 aromatic rings. The summed E-state index contributed by atoms with van der Waals surface area (Å²) in [5, 5.41) is 0. The highest BCUT2D eigenvalue weighted by molar-refractivity contribution is 4.64. The van der Waals surface area contributed by atoms with E-state index in [0.717, 1.165) is 197 Å². The Bertz CT molecular complexity index is 941. The van der Waals surface area contributed by atoms with Crippen LogP contribution in [0.25, 0.3) is 0 Å². The van der Waals surface area contributed by atoms with E-state index in [1.807, 2.05) is 0 Å². The molecule has 0 radical (unpaired) electrons. The predicted octanol–water partition coefficient (Wildman–Crippen LogP) is -0.898. The van der Waals surface area contributed by atoms with Gasteiger partial charge >= 0.3 is 0 Å². The molecule has 0 unspecified atom stereocenters. The second kappa shape index (κ2) is 45.7. The normalized spacial score (nSPS) is 31.3. The third-order valence-electron chi connectivity index (χ3n) is 12.2. The van der Waals surface area contributed by atoms with Gasteiger partial charge in [-0.1, -0.05) is 0 Å². The van der Waals surface area contributed by atoms with Gasteiger partial charge in [0.1, 0.15) is 0 Å². The SMILES string of the molecule is C1COCCN2CCOCCN(CCO1)CCOCC2.C1COCCN2CCOCCOCCN(CCO1)CCOCC2.C1COCCN2CCOCCOCCN(CCO1)CCOCCOCC2. The fourth-order valence-corrected chi connectivity index (χ4v) is 7.74. The first-order chi connectivity index (χ1) is 34.3. The zero-order chi connectivity index (χ0) is 48.0. The molecular weight excluding hydrogens is 901 g/mol. The van der Waals surface area contributed by atoms with Crippen molar-refractivity contribution in [2.45, 2.75) is 0 Å². The van der Waals surface area contributed by atoms with E-state index in [4.69, 9.17) is 71.1 Å². The van der Waals surface area contributed by atoms with E-state index in [2.05, 4.69) is 29.4 Å². The zero-order valence-electron chi connectivity index (χ0n) is 42.7. The highest BCUT2D eigenvalue weighted by Crippen LogP contribution is 2.00. The molecule has 8 heterocycles. The lowest BCUT2D eigenvalue weighted by Gasteiger charge is -2.25. The maximum Gasteiger partial charge on any atom is 0.0701 e. The van der Waals surface area contributed by atoms with Crippen LogP contribution in [0.5, 0.6) is 0 Å². The quantitative estimate of drug-likeness (QED) is 0.275. The molecule has 0 amide bonds. The van der Waals surface area contributed by atoms with Crippen molar-refractivity contribution in [2.75, 3.05) is 316 Å². The van der Waals surface area contributed by atoms with Crippen molar-refractivity contribution < 1.29 is 71.1 Å². The molecule has 69 heavy (non-hydrogen) atoms. The minimum atomic E-state index is 0.632. The fraction of sp³-hybridized carbons (Fsp3) is 1.00. The molecule has 8 aliphatic heterocycles. The number of ether oxygens (including phenoxy) is 15. The first-order valence-corrected chi connectivity index (χ1v) is 26.4. The maximum atomic E-state index is 5.80. The van der Waals surface area contributed by atoms with Gasteiger partial charge in [0.2, 0.25) is 0 Å². The van der Waals surface area contributed by atoms with Crippen LogP contribution in [0.4, 0.5) is 0 Å². The number of hydrogen-bond acceptors (Lipinski definition) is 21. The smallest absolute Gasteiger partial charge is 0.0701 e. The van der Waals surface area contributed by atoms with Gasteiger partial charge in [0, 0.05) is 118 Å². The molecule has 0 aromatic heterocycles. The predicted molar refractivity (Wildman–Crippen MR) is 261 cm³/mol. The number of nitrogens with zero attached hydrogens (tertiary/aromatic N) is 6. The largest absolute Gasteiger partial charge is 0.379 e. The standard InChI is InChI=1S/C18H36N2O6.C16H32N2O5.C14H28N2O4/c1-7-21-13-14-24-10-4-20-5-11-25-17-15-22-8-2-19(1)3-9-23-16-18-26-12-6-20;1-7-19-8-2-18-5-11-22-15-13-20-9-3-17(1)4-10-21-14-16-23-12-6-18;1-7-17-9-3-16-4-10-18-8-2-15(1)5-11-19-13-14-20-12-6-16/h1-18H2;1-16H2;1-14H2. The summed E-state index contributed by atoms with van der Waals surface area (Å²) in [6.07, 6.45) is 0. The molecule has 8 fully saturated rings. The van der Waals surface area contributed by atoms with Crippen LogP contribution in [0.15, 0.2) is 0 Å². The summed E-state index contributed by atoms with van der Waals surface area (Å²) in [5.41, 5.74) is 0. The lowest BCUT2D eigenvalue weighted by molar-refractivity contribution is -0.0103. The Morgan fingerprint density at radius 3 is 0.261 bits per heavy atom. The third kappa shape index (κ3) is 35.9. The van der Waals surface area contributed by atoms with E-state index >= 15 is 0 Å². The molecule has 8 saturated heterocycles. The number of hydrogen-bond donors (Lipinski definition) is 0. The van der Waals surface area contributed by atoms with Crippen LogP contribution in [0.1, 0.15) is 0 Å². The van der Waals surface area contributed by atoms with Crippen LogP contribution >= 0.6 is 0 Å². The van der Waals surface area contributed by atoms with Crippen LogP contribution < -0.4 is 0 Å². The van der Waals surface area contributed by atoms with Crippen molar-refractivity contribution in [1.29, 1.82) is 0 Å². The molecule has 0 N–H and O–H groups in total. The minimum absolute atomic E-state index is 0.632. The summed E-state index contributed by atoms with van der Waals surface area (Å²) < 4.78 is 85.3. The summed E-state index contributed by atoms with van der Waals surface area (Å²) in [5.74, 6) is 0. The number of fused-ring (bicyclic) bond motifs is 42. The monoisotopic (exact) mass is 997 g/mol. The fourth-order valence-electron chi connectivity index (χ4n) is 7.74. The number of rotatable bonds is 0. The van der Waals surface area contributed by atoms with Crippen LogP contribution in [0.3, 0.4) is 0 Å². The van der Waals surface area contributed by atoms with Crippen molar-refractivity contribution in [3.05, 3.63) is 0 Å². The third-order valence-corrected chi connectivity index (χ3v) is 12.2. The first-order valence-electron chi connectivity index (χ1n) is 26.4. The molecule has 6 bridgehead atoms. The van der Waals surface area contributed by atoms with Gasteiger partial charge in [-0.3, -0.25) is 29.4 Å². The van der Waals surface area contributed by atoms with E-state index in [9.17, 15) is 0 Å². The van der Waals surface area contributed by atoms with E-state index in [0.29, 0.717) is 119 Å². The molecule has 0 aliphatic carbocycles. The Kier molecular flexibility index (Phi) is 40.3. The molecule has 408 valence electrons. The molecule has 0 saturated carbocycles. The van der Waals surface area contributed by atoms with Gasteiger partial charge < -0.3 is 71.1 Å². The summed E-state index contributed by atoms with van der Waals surface area (Å²) in [6, 6.07) is 0. The molecule has 0 atom stereocenters. The van der Waals surface area contributed by atoms with Gasteiger partial charge in [-0.2, -0.15) is 0 Å².